The summed E-state index contributed by atoms with van der Waals surface area (Å²) >= 11 is 0. The predicted molar refractivity (Wildman–Crippen MR) is 97.2 cm³/mol. The van der Waals surface area contributed by atoms with Gasteiger partial charge >= 0.3 is 11.8 Å². The quantitative estimate of drug-likeness (QED) is 0.824. The lowest BCUT2D eigenvalue weighted by Crippen LogP contribution is -2.42. The Morgan fingerprint density at radius 3 is 2.46 bits per heavy atom. The molecule has 1 aliphatic rings. The number of benzene rings is 1. The minimum absolute atomic E-state index is 0.331. The summed E-state index contributed by atoms with van der Waals surface area (Å²) in [7, 11) is 0. The number of amides is 2. The van der Waals surface area contributed by atoms with E-state index in [1.54, 1.807) is 6.20 Å². The first-order valence-electron chi connectivity index (χ1n) is 8.62. The Labute approximate surface area is 151 Å². The molecule has 2 N–H and O–H groups in total. The average molecular weight is 356 g/mol. The molecule has 7 heteroatoms. The maximum atomic E-state index is 12.8. The Morgan fingerprint density at radius 2 is 1.81 bits per heavy atom. The van der Waals surface area contributed by atoms with Crippen LogP contribution in [-0.2, 0) is 9.59 Å². The normalized spacial score (nSPS) is 14.7. The highest BCUT2D eigenvalue weighted by atomic mass is 19.1. The number of halogens is 1. The number of piperidine rings is 1. The van der Waals surface area contributed by atoms with E-state index in [0.717, 1.165) is 31.7 Å². The molecule has 0 spiro atoms. The van der Waals surface area contributed by atoms with E-state index in [2.05, 4.69) is 20.5 Å². The standard InChI is InChI=1S/C19H21FN4O2/c20-15-4-6-16(7-5-15)23-19(26)18(25)22-13-14-8-11-24(12-9-14)17-3-1-2-10-21-17/h1-7,10,14H,8-9,11-13H2,(H,22,25)(H,23,26). The van der Waals surface area contributed by atoms with Crippen molar-refractivity contribution in [3.8, 4) is 0 Å². The van der Waals surface area contributed by atoms with Gasteiger partial charge in [-0.3, -0.25) is 9.59 Å². The van der Waals surface area contributed by atoms with Crippen LogP contribution < -0.4 is 15.5 Å². The topological polar surface area (TPSA) is 74.3 Å². The summed E-state index contributed by atoms with van der Waals surface area (Å²) in [4.78, 5) is 30.4. The number of nitrogens with one attached hydrogen (secondary N) is 2. The SMILES string of the molecule is O=C(NCC1CCN(c2ccccn2)CC1)C(=O)Nc1ccc(F)cc1. The third-order valence-electron chi connectivity index (χ3n) is 4.45. The Balaban J connectivity index is 1.41. The Morgan fingerprint density at radius 1 is 1.08 bits per heavy atom. The van der Waals surface area contributed by atoms with Gasteiger partial charge in [-0.2, -0.15) is 0 Å². The molecule has 0 bridgehead atoms. The second-order valence-electron chi connectivity index (χ2n) is 6.29. The summed E-state index contributed by atoms with van der Waals surface area (Å²) in [6.45, 7) is 2.21. The second kappa shape index (κ2) is 8.42. The molecular weight excluding hydrogens is 335 g/mol. The van der Waals surface area contributed by atoms with Gasteiger partial charge in [-0.15, -0.1) is 0 Å². The summed E-state index contributed by atoms with van der Waals surface area (Å²) in [5, 5.41) is 5.13. The van der Waals surface area contributed by atoms with E-state index >= 15 is 0 Å². The maximum absolute atomic E-state index is 12.8. The molecule has 136 valence electrons. The smallest absolute Gasteiger partial charge is 0.313 e. The number of hydrogen-bond donors (Lipinski definition) is 2. The van der Waals surface area contributed by atoms with Gasteiger partial charge in [0.15, 0.2) is 0 Å². The van der Waals surface area contributed by atoms with E-state index < -0.39 is 17.6 Å². The number of rotatable bonds is 4. The van der Waals surface area contributed by atoms with E-state index in [9.17, 15) is 14.0 Å². The molecule has 1 aliphatic heterocycles. The number of anilines is 2. The molecule has 3 rings (SSSR count). The first-order valence-corrected chi connectivity index (χ1v) is 8.62. The van der Waals surface area contributed by atoms with E-state index in [0.29, 0.717) is 18.2 Å². The Kier molecular flexibility index (Phi) is 5.78. The van der Waals surface area contributed by atoms with Gasteiger partial charge < -0.3 is 15.5 Å². The molecule has 0 atom stereocenters. The molecule has 26 heavy (non-hydrogen) atoms. The second-order valence-corrected chi connectivity index (χ2v) is 6.29. The first-order chi connectivity index (χ1) is 12.6. The highest BCUT2D eigenvalue weighted by Gasteiger charge is 2.22. The van der Waals surface area contributed by atoms with Crippen molar-refractivity contribution in [3.05, 3.63) is 54.5 Å². The van der Waals surface area contributed by atoms with Crippen molar-refractivity contribution in [1.29, 1.82) is 0 Å². The van der Waals surface area contributed by atoms with Crippen molar-refractivity contribution >= 4 is 23.3 Å². The van der Waals surface area contributed by atoms with E-state index in [-0.39, 0.29) is 0 Å². The number of pyridine rings is 1. The van der Waals surface area contributed by atoms with Crippen molar-refractivity contribution in [2.24, 2.45) is 5.92 Å². The van der Waals surface area contributed by atoms with Gasteiger partial charge in [-0.1, -0.05) is 6.07 Å². The average Bonchev–Trinajstić information content (AvgIpc) is 2.69. The van der Waals surface area contributed by atoms with Gasteiger partial charge in [0.25, 0.3) is 0 Å². The molecule has 1 aromatic heterocycles. The fourth-order valence-corrected chi connectivity index (χ4v) is 2.95. The monoisotopic (exact) mass is 356 g/mol. The van der Waals surface area contributed by atoms with E-state index in [4.69, 9.17) is 0 Å². The number of nitrogens with zero attached hydrogens (tertiary/aromatic N) is 2. The van der Waals surface area contributed by atoms with Crippen molar-refractivity contribution in [1.82, 2.24) is 10.3 Å². The lowest BCUT2D eigenvalue weighted by Gasteiger charge is -2.32. The van der Waals surface area contributed by atoms with Crippen LogP contribution in [0.25, 0.3) is 0 Å². The van der Waals surface area contributed by atoms with Crippen LogP contribution in [-0.4, -0.2) is 36.4 Å². The third-order valence-corrected chi connectivity index (χ3v) is 4.45. The third kappa shape index (κ3) is 4.78. The number of hydrogen-bond acceptors (Lipinski definition) is 4. The van der Waals surface area contributed by atoms with Gasteiger partial charge in [0, 0.05) is 31.5 Å². The minimum Gasteiger partial charge on any atom is -0.357 e. The van der Waals surface area contributed by atoms with Crippen LogP contribution in [0.5, 0.6) is 0 Å². The largest absolute Gasteiger partial charge is 0.357 e. The summed E-state index contributed by atoms with van der Waals surface area (Å²) in [5.74, 6) is -0.528. The fraction of sp³-hybridized carbons (Fsp3) is 0.316. The van der Waals surface area contributed by atoms with Crippen LogP contribution in [0, 0.1) is 11.7 Å². The van der Waals surface area contributed by atoms with Crippen LogP contribution in [0.4, 0.5) is 15.9 Å². The summed E-state index contributed by atoms with van der Waals surface area (Å²) in [5.41, 5.74) is 0.384. The fourth-order valence-electron chi connectivity index (χ4n) is 2.95. The van der Waals surface area contributed by atoms with Crippen LogP contribution in [0.2, 0.25) is 0 Å². The zero-order valence-electron chi connectivity index (χ0n) is 14.3. The lowest BCUT2D eigenvalue weighted by atomic mass is 9.97. The zero-order valence-corrected chi connectivity index (χ0v) is 14.3. The molecule has 2 amide bonds. The summed E-state index contributed by atoms with van der Waals surface area (Å²) in [6.07, 6.45) is 3.63. The predicted octanol–water partition coefficient (Wildman–Crippen LogP) is 2.19. The molecule has 2 aromatic rings. The van der Waals surface area contributed by atoms with Gasteiger partial charge in [-0.25, -0.2) is 9.37 Å². The lowest BCUT2D eigenvalue weighted by molar-refractivity contribution is -0.136. The van der Waals surface area contributed by atoms with Crippen molar-refractivity contribution in [2.75, 3.05) is 29.9 Å². The molecule has 0 saturated carbocycles. The minimum atomic E-state index is -0.748. The highest BCUT2D eigenvalue weighted by Crippen LogP contribution is 2.20. The van der Waals surface area contributed by atoms with Crippen LogP contribution in [0.15, 0.2) is 48.7 Å². The van der Waals surface area contributed by atoms with Crippen molar-refractivity contribution < 1.29 is 14.0 Å². The summed E-state index contributed by atoms with van der Waals surface area (Å²) < 4.78 is 12.8. The molecular formula is C19H21FN4O2. The number of carbonyl (C=O) groups excluding carboxylic acids is 2. The molecule has 1 aromatic carbocycles. The molecule has 0 aliphatic carbocycles. The van der Waals surface area contributed by atoms with Crippen LogP contribution in [0.3, 0.4) is 0 Å². The van der Waals surface area contributed by atoms with Gasteiger partial charge in [-0.05, 0) is 55.2 Å². The molecule has 0 unspecified atom stereocenters. The first kappa shape index (κ1) is 17.8. The van der Waals surface area contributed by atoms with E-state index in [1.807, 2.05) is 18.2 Å². The zero-order chi connectivity index (χ0) is 18.4. The van der Waals surface area contributed by atoms with Crippen molar-refractivity contribution in [2.45, 2.75) is 12.8 Å². The Hall–Kier alpha value is -2.96. The molecule has 2 heterocycles. The number of carbonyl (C=O) groups is 2. The van der Waals surface area contributed by atoms with Crippen molar-refractivity contribution in [3.63, 3.8) is 0 Å². The highest BCUT2D eigenvalue weighted by molar-refractivity contribution is 6.39. The molecule has 0 radical (unpaired) electrons. The van der Waals surface area contributed by atoms with Crippen LogP contribution >= 0.6 is 0 Å². The van der Waals surface area contributed by atoms with Gasteiger partial charge in [0.05, 0.1) is 0 Å². The van der Waals surface area contributed by atoms with Crippen LogP contribution in [0.1, 0.15) is 12.8 Å². The maximum Gasteiger partial charge on any atom is 0.313 e. The van der Waals surface area contributed by atoms with Gasteiger partial charge in [0.1, 0.15) is 11.6 Å². The van der Waals surface area contributed by atoms with Gasteiger partial charge in [0.2, 0.25) is 0 Å². The number of aromatic nitrogens is 1. The van der Waals surface area contributed by atoms with E-state index in [1.165, 1.54) is 24.3 Å². The molecule has 6 nitrogen and oxygen atoms in total. The molecule has 1 fully saturated rings. The Bertz CT molecular complexity index is 744. The molecule has 1 saturated heterocycles. The summed E-state index contributed by atoms with van der Waals surface area (Å²) in [6, 6.07) is 11.1.